The second-order valence-electron chi connectivity index (χ2n) is 7.84. The number of piperidine rings is 1. The minimum atomic E-state index is -3.76. The summed E-state index contributed by atoms with van der Waals surface area (Å²) in [6.45, 7) is 3.00. The zero-order chi connectivity index (χ0) is 20.6. The molecule has 1 fully saturated rings. The zero-order valence-electron chi connectivity index (χ0n) is 16.6. The molecule has 0 spiro atoms. The van der Waals surface area contributed by atoms with Gasteiger partial charge in [-0.25, -0.2) is 8.42 Å². The molecule has 0 amide bonds. The van der Waals surface area contributed by atoms with Crippen LogP contribution in [0, 0.1) is 5.92 Å². The lowest BCUT2D eigenvalue weighted by Gasteiger charge is -2.23. The van der Waals surface area contributed by atoms with E-state index in [1.54, 1.807) is 12.1 Å². The molecule has 3 N–H and O–H groups in total. The number of hydrogen-bond acceptors (Lipinski definition) is 5. The van der Waals surface area contributed by atoms with E-state index in [0.29, 0.717) is 27.1 Å². The lowest BCUT2D eigenvalue weighted by atomic mass is 9.98. The van der Waals surface area contributed by atoms with Gasteiger partial charge in [-0.3, -0.25) is 5.10 Å². The van der Waals surface area contributed by atoms with E-state index in [9.17, 15) is 8.42 Å². The molecule has 0 saturated carbocycles. The Kier molecular flexibility index (Phi) is 4.92. The summed E-state index contributed by atoms with van der Waals surface area (Å²) in [5, 5.41) is 16.2. The Morgan fingerprint density at radius 3 is 2.63 bits per heavy atom. The van der Waals surface area contributed by atoms with Crippen molar-refractivity contribution in [3.63, 3.8) is 0 Å². The quantitative estimate of drug-likeness (QED) is 0.455. The highest BCUT2D eigenvalue weighted by molar-refractivity contribution is 7.91. The third kappa shape index (κ3) is 3.44. The Labute approximate surface area is 175 Å². The Morgan fingerprint density at radius 2 is 1.77 bits per heavy atom. The van der Waals surface area contributed by atoms with Crippen molar-refractivity contribution >= 4 is 37.2 Å². The van der Waals surface area contributed by atoms with Crippen LogP contribution in [0.3, 0.4) is 0 Å². The first-order valence-electron chi connectivity index (χ1n) is 10.3. The third-order valence-electron chi connectivity index (χ3n) is 5.88. The van der Waals surface area contributed by atoms with E-state index in [0.717, 1.165) is 43.5 Å². The van der Waals surface area contributed by atoms with Crippen LogP contribution in [0.1, 0.15) is 12.8 Å². The van der Waals surface area contributed by atoms with Gasteiger partial charge in [-0.1, -0.05) is 36.4 Å². The number of H-pyrrole nitrogens is 1. The maximum Gasteiger partial charge on any atom is 0.224 e. The number of fused-ring (bicyclic) bond motifs is 2. The first-order chi connectivity index (χ1) is 14.6. The fourth-order valence-corrected chi connectivity index (χ4v) is 5.76. The fraction of sp³-hybridized carbons (Fsp3) is 0.261. The van der Waals surface area contributed by atoms with Crippen LogP contribution >= 0.6 is 0 Å². The Hall–Kier alpha value is -2.90. The van der Waals surface area contributed by atoms with Crippen molar-refractivity contribution < 1.29 is 8.42 Å². The molecule has 4 aromatic rings. The summed E-state index contributed by atoms with van der Waals surface area (Å²) in [7, 11) is -3.76. The predicted octanol–water partition coefficient (Wildman–Crippen LogP) is 3.96. The van der Waals surface area contributed by atoms with Gasteiger partial charge < -0.3 is 10.6 Å². The zero-order valence-corrected chi connectivity index (χ0v) is 17.4. The van der Waals surface area contributed by atoms with Crippen molar-refractivity contribution in [3.8, 4) is 0 Å². The molecule has 3 aromatic carbocycles. The normalized spacial score (nSPS) is 15.6. The van der Waals surface area contributed by atoms with Crippen LogP contribution < -0.4 is 10.6 Å². The molecule has 5 rings (SSSR count). The van der Waals surface area contributed by atoms with Gasteiger partial charge >= 0.3 is 0 Å². The Morgan fingerprint density at radius 1 is 0.967 bits per heavy atom. The summed E-state index contributed by atoms with van der Waals surface area (Å²) in [6, 6.07) is 18.6. The molecule has 6 nitrogen and oxygen atoms in total. The van der Waals surface area contributed by atoms with E-state index in [1.165, 1.54) is 0 Å². The van der Waals surface area contributed by atoms with Crippen LogP contribution in [0.15, 0.2) is 70.6 Å². The number of sulfone groups is 1. The molecular weight excluding hydrogens is 396 g/mol. The van der Waals surface area contributed by atoms with Crippen LogP contribution in [-0.2, 0) is 9.84 Å². The SMILES string of the molecule is O=S(=O)(c1cccc2ccccc12)c1[nH]nc2ccc(NCC3CCNCC3)cc12. The van der Waals surface area contributed by atoms with Gasteiger partial charge in [0.15, 0.2) is 5.03 Å². The summed E-state index contributed by atoms with van der Waals surface area (Å²) in [4.78, 5) is 0.291. The molecule has 1 saturated heterocycles. The standard InChI is InChI=1S/C23H24N4O2S/c28-30(29,22-7-3-5-17-4-1-2-6-19(17)22)23-20-14-18(8-9-21(20)26-27-23)25-15-16-10-12-24-13-11-16/h1-9,14,16,24-25H,10-13,15H2,(H,26,27). The average Bonchev–Trinajstić information content (AvgIpc) is 3.22. The van der Waals surface area contributed by atoms with Gasteiger partial charge in [-0.05, 0) is 61.5 Å². The van der Waals surface area contributed by atoms with Crippen molar-refractivity contribution in [1.82, 2.24) is 15.5 Å². The molecule has 0 bridgehead atoms. The monoisotopic (exact) mass is 420 g/mol. The van der Waals surface area contributed by atoms with Gasteiger partial charge in [0.05, 0.1) is 10.4 Å². The van der Waals surface area contributed by atoms with E-state index in [1.807, 2.05) is 48.5 Å². The topological polar surface area (TPSA) is 86.9 Å². The van der Waals surface area contributed by atoms with E-state index in [4.69, 9.17) is 0 Å². The second-order valence-corrected chi connectivity index (χ2v) is 9.69. The second kappa shape index (κ2) is 7.74. The summed E-state index contributed by atoms with van der Waals surface area (Å²) in [6.07, 6.45) is 2.31. The fourth-order valence-electron chi connectivity index (χ4n) is 4.19. The highest BCUT2D eigenvalue weighted by atomic mass is 32.2. The lowest BCUT2D eigenvalue weighted by Crippen LogP contribution is -2.31. The van der Waals surface area contributed by atoms with Gasteiger partial charge in [-0.15, -0.1) is 0 Å². The Bertz CT molecular complexity index is 1300. The number of benzene rings is 3. The van der Waals surface area contributed by atoms with Gasteiger partial charge in [0, 0.05) is 23.0 Å². The molecular formula is C23H24N4O2S. The summed E-state index contributed by atoms with van der Waals surface area (Å²) < 4.78 is 27.1. The van der Waals surface area contributed by atoms with Crippen molar-refractivity contribution in [2.24, 2.45) is 5.92 Å². The van der Waals surface area contributed by atoms with Crippen molar-refractivity contribution in [2.45, 2.75) is 22.8 Å². The molecule has 1 aromatic heterocycles. The molecule has 1 aliphatic heterocycles. The molecule has 0 radical (unpaired) electrons. The van der Waals surface area contributed by atoms with Gasteiger partial charge in [-0.2, -0.15) is 5.10 Å². The number of nitrogens with one attached hydrogen (secondary N) is 3. The van der Waals surface area contributed by atoms with E-state index in [2.05, 4.69) is 20.8 Å². The molecule has 154 valence electrons. The van der Waals surface area contributed by atoms with Crippen LogP contribution in [0.5, 0.6) is 0 Å². The molecule has 7 heteroatoms. The smallest absolute Gasteiger partial charge is 0.224 e. The van der Waals surface area contributed by atoms with Gasteiger partial charge in [0.2, 0.25) is 9.84 Å². The molecule has 30 heavy (non-hydrogen) atoms. The van der Waals surface area contributed by atoms with Gasteiger partial charge in [0.25, 0.3) is 0 Å². The highest BCUT2D eigenvalue weighted by Crippen LogP contribution is 2.32. The predicted molar refractivity (Wildman–Crippen MR) is 120 cm³/mol. The maximum atomic E-state index is 13.5. The van der Waals surface area contributed by atoms with E-state index in [-0.39, 0.29) is 5.03 Å². The first-order valence-corrected chi connectivity index (χ1v) is 11.8. The van der Waals surface area contributed by atoms with Gasteiger partial charge in [0.1, 0.15) is 0 Å². The van der Waals surface area contributed by atoms with E-state index < -0.39 is 9.84 Å². The van der Waals surface area contributed by atoms with Crippen LogP contribution in [0.4, 0.5) is 5.69 Å². The first kappa shape index (κ1) is 19.1. The summed E-state index contributed by atoms with van der Waals surface area (Å²) in [5.74, 6) is 0.630. The molecule has 1 aliphatic rings. The molecule has 0 unspecified atom stereocenters. The van der Waals surface area contributed by atoms with Crippen LogP contribution in [0.25, 0.3) is 21.7 Å². The number of nitrogens with zero attached hydrogens (tertiary/aromatic N) is 1. The number of anilines is 1. The molecule has 2 heterocycles. The minimum absolute atomic E-state index is 0.138. The third-order valence-corrected chi connectivity index (χ3v) is 7.66. The number of aromatic nitrogens is 2. The van der Waals surface area contributed by atoms with E-state index >= 15 is 0 Å². The lowest BCUT2D eigenvalue weighted by molar-refractivity contribution is 0.390. The molecule has 0 aliphatic carbocycles. The summed E-state index contributed by atoms with van der Waals surface area (Å²) in [5.41, 5.74) is 1.55. The minimum Gasteiger partial charge on any atom is -0.385 e. The largest absolute Gasteiger partial charge is 0.385 e. The maximum absolute atomic E-state index is 13.5. The average molecular weight is 421 g/mol. The van der Waals surface area contributed by atoms with Crippen LogP contribution in [-0.4, -0.2) is 38.2 Å². The summed E-state index contributed by atoms with van der Waals surface area (Å²) >= 11 is 0. The number of rotatable bonds is 5. The van der Waals surface area contributed by atoms with Crippen molar-refractivity contribution in [2.75, 3.05) is 25.0 Å². The Balaban J connectivity index is 1.51. The van der Waals surface area contributed by atoms with Crippen LogP contribution in [0.2, 0.25) is 0 Å². The molecule has 0 atom stereocenters. The number of hydrogen-bond donors (Lipinski definition) is 3. The number of aromatic amines is 1. The highest BCUT2D eigenvalue weighted by Gasteiger charge is 2.25. The van der Waals surface area contributed by atoms with Crippen molar-refractivity contribution in [1.29, 1.82) is 0 Å². The van der Waals surface area contributed by atoms with Crippen molar-refractivity contribution in [3.05, 3.63) is 60.7 Å².